The third kappa shape index (κ3) is 1.91. The van der Waals surface area contributed by atoms with E-state index in [4.69, 9.17) is 10.3 Å². The number of hydrogen-bond acceptors (Lipinski definition) is 3. The van der Waals surface area contributed by atoms with Gasteiger partial charge in [0.2, 0.25) is 0 Å². The van der Waals surface area contributed by atoms with Crippen LogP contribution in [-0.4, -0.2) is 9.72 Å². The van der Waals surface area contributed by atoms with Crippen molar-refractivity contribution in [2.75, 3.05) is 5.73 Å². The quantitative estimate of drug-likeness (QED) is 0.743. The van der Waals surface area contributed by atoms with Crippen molar-refractivity contribution in [1.82, 2.24) is 9.72 Å². The van der Waals surface area contributed by atoms with Gasteiger partial charge in [-0.2, -0.15) is 13.2 Å². The van der Waals surface area contributed by atoms with Gasteiger partial charge < -0.3 is 14.8 Å². The van der Waals surface area contributed by atoms with Crippen LogP contribution in [0.4, 0.5) is 19.0 Å². The normalized spacial score (nSPS) is 12.2. The van der Waals surface area contributed by atoms with Gasteiger partial charge in [0.15, 0.2) is 11.6 Å². The molecule has 0 atom stereocenters. The molecule has 0 saturated carbocycles. The summed E-state index contributed by atoms with van der Waals surface area (Å²) in [7, 11) is 1.67. The van der Waals surface area contributed by atoms with Crippen LogP contribution in [0.5, 0.6) is 0 Å². The van der Waals surface area contributed by atoms with E-state index in [-0.39, 0.29) is 5.82 Å². The Morgan fingerprint density at radius 2 is 2.00 bits per heavy atom. The molecule has 3 aromatic rings. The molecule has 0 saturated heterocycles. The molecule has 0 amide bonds. The molecule has 0 aliphatic heterocycles. The molecule has 0 radical (unpaired) electrons. The Kier molecular flexibility index (Phi) is 2.53. The number of nitrogen functional groups attached to an aromatic ring is 1. The molecule has 0 aliphatic carbocycles. The van der Waals surface area contributed by atoms with E-state index in [0.29, 0.717) is 22.2 Å². The average Bonchev–Trinajstić information content (AvgIpc) is 2.93. The molecule has 4 nitrogen and oxygen atoms in total. The van der Waals surface area contributed by atoms with Crippen molar-refractivity contribution in [1.29, 1.82) is 0 Å². The largest absolute Gasteiger partial charge is 0.416 e. The first-order valence-electron chi connectivity index (χ1n) is 5.75. The maximum atomic E-state index is 12.7. The summed E-state index contributed by atoms with van der Waals surface area (Å²) in [6.45, 7) is 0. The van der Waals surface area contributed by atoms with Gasteiger partial charge in [-0.1, -0.05) is 11.2 Å². The highest BCUT2D eigenvalue weighted by Gasteiger charge is 2.31. The van der Waals surface area contributed by atoms with Crippen molar-refractivity contribution >= 4 is 16.7 Å². The molecule has 104 valence electrons. The summed E-state index contributed by atoms with van der Waals surface area (Å²) in [6.07, 6.45) is -2.68. The van der Waals surface area contributed by atoms with Crippen LogP contribution in [0.25, 0.3) is 22.2 Å². The highest BCUT2D eigenvalue weighted by atomic mass is 19.4. The summed E-state index contributed by atoms with van der Waals surface area (Å²) in [6, 6.07) is 5.11. The molecule has 20 heavy (non-hydrogen) atoms. The molecule has 0 spiro atoms. The number of aromatic nitrogens is 2. The summed E-state index contributed by atoms with van der Waals surface area (Å²) in [5.41, 5.74) is 5.92. The van der Waals surface area contributed by atoms with Crippen molar-refractivity contribution < 1.29 is 17.7 Å². The second kappa shape index (κ2) is 4.03. The first kappa shape index (κ1) is 12.6. The van der Waals surface area contributed by atoms with Crippen LogP contribution in [-0.2, 0) is 13.2 Å². The Balaban J connectivity index is 2.22. The number of rotatable bonds is 1. The van der Waals surface area contributed by atoms with Crippen LogP contribution in [0.15, 0.2) is 35.0 Å². The number of nitrogens with zero attached hydrogens (tertiary/aromatic N) is 2. The summed E-state index contributed by atoms with van der Waals surface area (Å²) < 4.78 is 44.8. The van der Waals surface area contributed by atoms with E-state index in [9.17, 15) is 13.2 Å². The second-order valence-corrected chi connectivity index (χ2v) is 4.50. The van der Waals surface area contributed by atoms with Crippen molar-refractivity contribution in [2.45, 2.75) is 6.18 Å². The van der Waals surface area contributed by atoms with Gasteiger partial charge >= 0.3 is 6.18 Å². The fraction of sp³-hybridized carbons (Fsp3) is 0.154. The van der Waals surface area contributed by atoms with Crippen LogP contribution in [0.3, 0.4) is 0 Å². The smallest absolute Gasteiger partial charge is 0.381 e. The molecule has 3 rings (SSSR count). The Bertz CT molecular complexity index is 786. The van der Waals surface area contributed by atoms with Crippen LogP contribution in [0, 0.1) is 0 Å². The number of aryl methyl sites for hydroxylation is 1. The zero-order valence-corrected chi connectivity index (χ0v) is 10.4. The van der Waals surface area contributed by atoms with Crippen LogP contribution in [0.1, 0.15) is 5.56 Å². The van der Waals surface area contributed by atoms with E-state index in [1.165, 1.54) is 12.1 Å². The molecule has 2 N–H and O–H groups in total. The highest BCUT2D eigenvalue weighted by Crippen LogP contribution is 2.35. The van der Waals surface area contributed by atoms with Gasteiger partial charge in [0.05, 0.1) is 5.56 Å². The minimum atomic E-state index is -4.37. The third-order valence-electron chi connectivity index (χ3n) is 3.11. The van der Waals surface area contributed by atoms with Gasteiger partial charge in [-0.3, -0.25) is 0 Å². The number of alkyl halides is 3. The summed E-state index contributed by atoms with van der Waals surface area (Å²) in [4.78, 5) is 0. The van der Waals surface area contributed by atoms with Gasteiger partial charge in [0.1, 0.15) is 0 Å². The molecule has 0 aliphatic rings. The monoisotopic (exact) mass is 281 g/mol. The molecule has 1 aromatic carbocycles. The molecule has 0 bridgehead atoms. The highest BCUT2D eigenvalue weighted by molar-refractivity contribution is 5.95. The predicted molar refractivity (Wildman–Crippen MR) is 67.8 cm³/mol. The zero-order chi connectivity index (χ0) is 14.5. The topological polar surface area (TPSA) is 57.0 Å². The lowest BCUT2D eigenvalue weighted by molar-refractivity contribution is -0.137. The van der Waals surface area contributed by atoms with E-state index < -0.39 is 11.7 Å². The molecular weight excluding hydrogens is 271 g/mol. The van der Waals surface area contributed by atoms with Crippen molar-refractivity contribution in [3.8, 4) is 11.3 Å². The number of halogens is 3. The Morgan fingerprint density at radius 1 is 1.25 bits per heavy atom. The van der Waals surface area contributed by atoms with Gasteiger partial charge in [-0.15, -0.1) is 0 Å². The molecule has 7 heteroatoms. The molecule has 2 aromatic heterocycles. The zero-order valence-electron chi connectivity index (χ0n) is 10.4. The minimum absolute atomic E-state index is 0.226. The van der Waals surface area contributed by atoms with Gasteiger partial charge in [-0.25, -0.2) is 0 Å². The number of nitrogens with two attached hydrogens (primary N) is 1. The van der Waals surface area contributed by atoms with E-state index in [1.807, 2.05) is 0 Å². The third-order valence-corrected chi connectivity index (χ3v) is 3.11. The lowest BCUT2D eigenvalue weighted by Crippen LogP contribution is -2.04. The van der Waals surface area contributed by atoms with E-state index in [0.717, 1.165) is 12.1 Å². The van der Waals surface area contributed by atoms with Gasteiger partial charge in [-0.05, 0) is 12.1 Å². The lowest BCUT2D eigenvalue weighted by Gasteiger charge is -2.07. The van der Waals surface area contributed by atoms with Crippen molar-refractivity contribution in [3.05, 3.63) is 36.0 Å². The van der Waals surface area contributed by atoms with Gasteiger partial charge in [0, 0.05) is 35.8 Å². The predicted octanol–water partition coefficient (Wildman–Crippen LogP) is 3.43. The fourth-order valence-electron chi connectivity index (χ4n) is 2.17. The van der Waals surface area contributed by atoms with Gasteiger partial charge in [0.25, 0.3) is 0 Å². The van der Waals surface area contributed by atoms with E-state index in [1.54, 1.807) is 17.8 Å². The number of hydrogen-bond donors (Lipinski definition) is 1. The SMILES string of the molecule is Cn1cc(-c2cc(N)no2)c2ccc(C(F)(F)F)cc21. The maximum absolute atomic E-state index is 12.7. The summed E-state index contributed by atoms with van der Waals surface area (Å²) >= 11 is 0. The fourth-order valence-corrected chi connectivity index (χ4v) is 2.17. The Morgan fingerprint density at radius 3 is 2.60 bits per heavy atom. The van der Waals surface area contributed by atoms with Crippen LogP contribution in [0.2, 0.25) is 0 Å². The van der Waals surface area contributed by atoms with Crippen LogP contribution >= 0.6 is 0 Å². The van der Waals surface area contributed by atoms with Crippen molar-refractivity contribution in [2.24, 2.45) is 7.05 Å². The number of anilines is 1. The Labute approximate surface area is 111 Å². The van der Waals surface area contributed by atoms with E-state index >= 15 is 0 Å². The lowest BCUT2D eigenvalue weighted by atomic mass is 10.1. The molecule has 0 unspecified atom stereocenters. The number of fused-ring (bicyclic) bond motifs is 1. The average molecular weight is 281 g/mol. The second-order valence-electron chi connectivity index (χ2n) is 4.50. The minimum Gasteiger partial charge on any atom is -0.381 e. The molecule has 2 heterocycles. The number of benzene rings is 1. The standard InChI is InChI=1S/C13H10F3N3O/c1-19-6-9(11-5-12(17)18-20-11)8-3-2-7(4-10(8)19)13(14,15)16/h2-6H,1H3,(H2,17,18). The molecular formula is C13H10F3N3O. The van der Waals surface area contributed by atoms with Crippen molar-refractivity contribution in [3.63, 3.8) is 0 Å². The van der Waals surface area contributed by atoms with Crippen LogP contribution < -0.4 is 5.73 Å². The van der Waals surface area contributed by atoms with E-state index in [2.05, 4.69) is 5.16 Å². The first-order valence-corrected chi connectivity index (χ1v) is 5.75. The molecule has 0 fully saturated rings. The maximum Gasteiger partial charge on any atom is 0.416 e. The summed E-state index contributed by atoms with van der Waals surface area (Å²) in [5.74, 6) is 0.650. The Hall–Kier alpha value is -2.44. The first-order chi connectivity index (χ1) is 9.36. The summed E-state index contributed by atoms with van der Waals surface area (Å²) in [5, 5.41) is 4.23.